The zero-order chi connectivity index (χ0) is 13.1. The van der Waals surface area contributed by atoms with Crippen molar-refractivity contribution in [3.8, 4) is 0 Å². The molecule has 1 aromatic carbocycles. The molecule has 2 aromatic rings. The van der Waals surface area contributed by atoms with Crippen molar-refractivity contribution in [1.82, 2.24) is 4.98 Å². The Balaban J connectivity index is 2.13. The molecule has 3 N–H and O–H groups in total. The summed E-state index contributed by atoms with van der Waals surface area (Å²) in [7, 11) is 0. The number of amides is 1. The highest BCUT2D eigenvalue weighted by molar-refractivity contribution is 7.09. The lowest BCUT2D eigenvalue weighted by Gasteiger charge is -2.04. The fourth-order valence-corrected chi connectivity index (χ4v) is 2.23. The second-order valence-corrected chi connectivity index (χ2v) is 5.17. The van der Waals surface area contributed by atoms with Crippen molar-refractivity contribution in [2.75, 3.05) is 5.32 Å². The van der Waals surface area contributed by atoms with E-state index in [-0.39, 0.29) is 5.91 Å². The van der Waals surface area contributed by atoms with Crippen molar-refractivity contribution in [3.05, 3.63) is 44.3 Å². The third kappa shape index (κ3) is 3.00. The quantitative estimate of drug-likeness (QED) is 0.915. The van der Waals surface area contributed by atoms with E-state index in [2.05, 4.69) is 10.3 Å². The minimum atomic E-state index is -0.302. The van der Waals surface area contributed by atoms with Crippen molar-refractivity contribution in [1.29, 1.82) is 0 Å². The molecule has 1 amide bonds. The van der Waals surface area contributed by atoms with E-state index in [4.69, 9.17) is 28.9 Å². The number of nitrogens with two attached hydrogens (primary N) is 1. The second-order valence-electron chi connectivity index (χ2n) is 3.41. The molecule has 0 saturated heterocycles. The molecule has 0 aliphatic heterocycles. The number of halogens is 2. The summed E-state index contributed by atoms with van der Waals surface area (Å²) < 4.78 is 0. The van der Waals surface area contributed by atoms with Crippen molar-refractivity contribution in [3.63, 3.8) is 0 Å². The monoisotopic (exact) mass is 301 g/mol. The highest BCUT2D eigenvalue weighted by Gasteiger charge is 2.11. The van der Waals surface area contributed by atoms with Gasteiger partial charge in [0.25, 0.3) is 5.91 Å². The SMILES string of the molecule is NCc1nc(C(=O)Nc2ccc(Cl)c(Cl)c2)cs1. The Bertz CT molecular complexity index is 585. The number of hydrogen-bond donors (Lipinski definition) is 2. The first kappa shape index (κ1) is 13.3. The molecular formula is C11H9Cl2N3OS. The Morgan fingerprint density at radius 3 is 2.78 bits per heavy atom. The second kappa shape index (κ2) is 5.67. The summed E-state index contributed by atoms with van der Waals surface area (Å²) in [6, 6.07) is 4.87. The number of thiazole rings is 1. The number of carbonyl (C=O) groups excluding carboxylic acids is 1. The average Bonchev–Trinajstić information content (AvgIpc) is 2.82. The van der Waals surface area contributed by atoms with Crippen LogP contribution in [0.15, 0.2) is 23.6 Å². The summed E-state index contributed by atoms with van der Waals surface area (Å²) in [4.78, 5) is 15.9. The van der Waals surface area contributed by atoms with Crippen LogP contribution < -0.4 is 11.1 Å². The van der Waals surface area contributed by atoms with Gasteiger partial charge in [0.15, 0.2) is 0 Å². The standard InChI is InChI=1S/C11H9Cl2N3OS/c12-7-2-1-6(3-8(7)13)15-11(17)9-5-18-10(4-14)16-9/h1-3,5H,4,14H2,(H,15,17). The molecule has 0 aliphatic carbocycles. The first-order valence-corrected chi connectivity index (χ1v) is 6.64. The van der Waals surface area contributed by atoms with Crippen LogP contribution in [0, 0.1) is 0 Å². The molecule has 18 heavy (non-hydrogen) atoms. The molecule has 7 heteroatoms. The zero-order valence-electron chi connectivity index (χ0n) is 9.11. The molecule has 0 radical (unpaired) electrons. The predicted molar refractivity (Wildman–Crippen MR) is 74.4 cm³/mol. The van der Waals surface area contributed by atoms with E-state index in [9.17, 15) is 4.79 Å². The Morgan fingerprint density at radius 1 is 1.39 bits per heavy atom. The van der Waals surface area contributed by atoms with Crippen molar-refractivity contribution < 1.29 is 4.79 Å². The number of rotatable bonds is 3. The maximum atomic E-state index is 11.9. The van der Waals surface area contributed by atoms with Gasteiger partial charge >= 0.3 is 0 Å². The summed E-state index contributed by atoms with van der Waals surface area (Å²) in [5.41, 5.74) is 6.34. The van der Waals surface area contributed by atoms with Crippen molar-refractivity contribution in [2.24, 2.45) is 5.73 Å². The lowest BCUT2D eigenvalue weighted by atomic mass is 10.3. The summed E-state index contributed by atoms with van der Waals surface area (Å²) in [5.74, 6) is -0.302. The number of anilines is 1. The molecule has 0 fully saturated rings. The van der Waals surface area contributed by atoms with Crippen LogP contribution >= 0.6 is 34.5 Å². The topological polar surface area (TPSA) is 68.0 Å². The number of aromatic nitrogens is 1. The van der Waals surface area contributed by atoms with Crippen LogP contribution in [0.2, 0.25) is 10.0 Å². The number of benzene rings is 1. The summed E-state index contributed by atoms with van der Waals surface area (Å²) in [6.45, 7) is 0.324. The first-order valence-electron chi connectivity index (χ1n) is 5.01. The molecule has 0 saturated carbocycles. The molecule has 1 heterocycles. The lowest BCUT2D eigenvalue weighted by molar-refractivity contribution is 0.102. The van der Waals surface area contributed by atoms with Crippen LogP contribution in [0.3, 0.4) is 0 Å². The maximum absolute atomic E-state index is 11.9. The summed E-state index contributed by atoms with van der Waals surface area (Å²) in [6.07, 6.45) is 0. The average molecular weight is 302 g/mol. The lowest BCUT2D eigenvalue weighted by Crippen LogP contribution is -2.12. The van der Waals surface area contributed by atoms with Gasteiger partial charge in [-0.3, -0.25) is 4.79 Å². The number of nitrogens with one attached hydrogen (secondary N) is 1. The third-order valence-electron chi connectivity index (χ3n) is 2.14. The van der Waals surface area contributed by atoms with Gasteiger partial charge in [-0.15, -0.1) is 11.3 Å². The minimum Gasteiger partial charge on any atom is -0.325 e. The van der Waals surface area contributed by atoms with Gasteiger partial charge in [0.1, 0.15) is 10.7 Å². The normalized spacial score (nSPS) is 10.4. The van der Waals surface area contributed by atoms with Gasteiger partial charge in [-0.25, -0.2) is 4.98 Å². The van der Waals surface area contributed by atoms with Crippen LogP contribution in [-0.2, 0) is 6.54 Å². The predicted octanol–water partition coefficient (Wildman–Crippen LogP) is 3.16. The van der Waals surface area contributed by atoms with E-state index in [1.807, 2.05) is 0 Å². The number of nitrogens with zero attached hydrogens (tertiary/aromatic N) is 1. The molecular weight excluding hydrogens is 293 g/mol. The van der Waals surface area contributed by atoms with Crippen molar-refractivity contribution in [2.45, 2.75) is 6.54 Å². The van der Waals surface area contributed by atoms with E-state index in [0.29, 0.717) is 33.0 Å². The van der Waals surface area contributed by atoms with E-state index < -0.39 is 0 Å². The zero-order valence-corrected chi connectivity index (χ0v) is 11.4. The summed E-state index contributed by atoms with van der Waals surface area (Å²) >= 11 is 13.0. The summed E-state index contributed by atoms with van der Waals surface area (Å²) in [5, 5.41) is 5.89. The molecule has 4 nitrogen and oxygen atoms in total. The molecule has 1 aromatic heterocycles. The third-order valence-corrected chi connectivity index (χ3v) is 3.75. The highest BCUT2D eigenvalue weighted by Crippen LogP contribution is 2.25. The van der Waals surface area contributed by atoms with Gasteiger partial charge in [0.2, 0.25) is 0 Å². The number of hydrogen-bond acceptors (Lipinski definition) is 4. The van der Waals surface area contributed by atoms with Crippen LogP contribution in [0.5, 0.6) is 0 Å². The molecule has 0 spiro atoms. The largest absolute Gasteiger partial charge is 0.325 e. The molecule has 0 unspecified atom stereocenters. The Kier molecular flexibility index (Phi) is 4.19. The van der Waals surface area contributed by atoms with E-state index in [1.54, 1.807) is 23.6 Å². The van der Waals surface area contributed by atoms with Gasteiger partial charge in [0.05, 0.1) is 10.0 Å². The molecule has 2 rings (SSSR count). The fourth-order valence-electron chi connectivity index (χ4n) is 1.28. The molecule has 0 atom stereocenters. The van der Waals surface area contributed by atoms with Gasteiger partial charge in [-0.05, 0) is 18.2 Å². The highest BCUT2D eigenvalue weighted by atomic mass is 35.5. The van der Waals surface area contributed by atoms with Gasteiger partial charge in [-0.2, -0.15) is 0 Å². The Morgan fingerprint density at radius 2 is 2.17 bits per heavy atom. The first-order chi connectivity index (χ1) is 8.60. The van der Waals surface area contributed by atoms with Crippen molar-refractivity contribution >= 4 is 46.1 Å². The molecule has 0 bridgehead atoms. The van der Waals surface area contributed by atoms with Gasteiger partial charge in [0, 0.05) is 17.6 Å². The fraction of sp³-hybridized carbons (Fsp3) is 0.0909. The van der Waals surface area contributed by atoms with Crippen LogP contribution in [0.4, 0.5) is 5.69 Å². The molecule has 0 aliphatic rings. The number of carbonyl (C=O) groups is 1. The van der Waals surface area contributed by atoms with Crippen LogP contribution in [0.25, 0.3) is 0 Å². The van der Waals surface area contributed by atoms with Crippen LogP contribution in [-0.4, -0.2) is 10.9 Å². The Labute approximate surface area is 118 Å². The van der Waals surface area contributed by atoms with Crippen LogP contribution in [0.1, 0.15) is 15.5 Å². The minimum absolute atomic E-state index is 0.302. The van der Waals surface area contributed by atoms with Gasteiger partial charge < -0.3 is 11.1 Å². The molecule has 94 valence electrons. The van der Waals surface area contributed by atoms with E-state index in [0.717, 1.165) is 0 Å². The van der Waals surface area contributed by atoms with E-state index >= 15 is 0 Å². The van der Waals surface area contributed by atoms with E-state index in [1.165, 1.54) is 11.3 Å². The Hall–Kier alpha value is -1.14. The maximum Gasteiger partial charge on any atom is 0.275 e. The van der Waals surface area contributed by atoms with Gasteiger partial charge in [-0.1, -0.05) is 23.2 Å². The smallest absolute Gasteiger partial charge is 0.275 e.